The van der Waals surface area contributed by atoms with Gasteiger partial charge in [0, 0.05) is 11.1 Å². The summed E-state index contributed by atoms with van der Waals surface area (Å²) in [6, 6.07) is 6.28. The maximum absolute atomic E-state index is 13.7. The van der Waals surface area contributed by atoms with Crippen molar-refractivity contribution in [3.63, 3.8) is 0 Å². The highest BCUT2D eigenvalue weighted by Crippen LogP contribution is 2.40. The van der Waals surface area contributed by atoms with E-state index in [1.165, 1.54) is 12.1 Å². The number of para-hydroxylation sites is 1. The Hall–Kier alpha value is -2.26. The molecule has 0 radical (unpaired) electrons. The van der Waals surface area contributed by atoms with Gasteiger partial charge in [0.05, 0.1) is 10.7 Å². The molecule has 0 amide bonds. The van der Waals surface area contributed by atoms with Gasteiger partial charge in [0.15, 0.2) is 17.4 Å². The molecular weight excluding hydrogens is 416 g/mol. The second kappa shape index (κ2) is 7.40. The SMILES string of the molecule is Fc1cc(-c2nsc(C(F)(F)F)c2COc2c(F)cccc2F)ccc1Cl. The molecular formula is C17H8ClF6NOS. The summed E-state index contributed by atoms with van der Waals surface area (Å²) in [5.41, 5.74) is -0.646. The lowest BCUT2D eigenvalue weighted by Gasteiger charge is -2.12. The fraction of sp³-hybridized carbons (Fsp3) is 0.118. The quantitative estimate of drug-likeness (QED) is 0.448. The molecule has 1 aromatic heterocycles. The van der Waals surface area contributed by atoms with Gasteiger partial charge < -0.3 is 4.74 Å². The zero-order chi connectivity index (χ0) is 19.8. The predicted molar refractivity (Wildman–Crippen MR) is 88.2 cm³/mol. The zero-order valence-corrected chi connectivity index (χ0v) is 14.7. The van der Waals surface area contributed by atoms with Crippen molar-refractivity contribution in [1.82, 2.24) is 4.37 Å². The van der Waals surface area contributed by atoms with E-state index in [1.54, 1.807) is 0 Å². The molecule has 142 valence electrons. The summed E-state index contributed by atoms with van der Waals surface area (Å²) in [4.78, 5) is -1.11. The molecule has 10 heteroatoms. The van der Waals surface area contributed by atoms with Crippen LogP contribution >= 0.6 is 23.1 Å². The van der Waals surface area contributed by atoms with Gasteiger partial charge in [0.1, 0.15) is 17.3 Å². The van der Waals surface area contributed by atoms with E-state index in [0.29, 0.717) is 0 Å². The van der Waals surface area contributed by atoms with E-state index in [9.17, 15) is 26.3 Å². The predicted octanol–water partition coefficient (Wildman–Crippen LogP) is 6.48. The number of nitrogens with zero attached hydrogens (tertiary/aromatic N) is 1. The largest absolute Gasteiger partial charge is 0.483 e. The van der Waals surface area contributed by atoms with Crippen molar-refractivity contribution in [1.29, 1.82) is 0 Å². The first-order valence-electron chi connectivity index (χ1n) is 7.26. The van der Waals surface area contributed by atoms with Gasteiger partial charge in [-0.2, -0.15) is 17.5 Å². The van der Waals surface area contributed by atoms with E-state index < -0.39 is 46.4 Å². The molecule has 0 fully saturated rings. The third-order valence-electron chi connectivity index (χ3n) is 3.52. The van der Waals surface area contributed by atoms with Crippen LogP contribution in [-0.4, -0.2) is 4.37 Å². The van der Waals surface area contributed by atoms with Crippen LogP contribution in [0.15, 0.2) is 36.4 Å². The van der Waals surface area contributed by atoms with Crippen molar-refractivity contribution in [2.45, 2.75) is 12.8 Å². The van der Waals surface area contributed by atoms with E-state index in [0.717, 1.165) is 24.3 Å². The number of hydrogen-bond acceptors (Lipinski definition) is 3. The van der Waals surface area contributed by atoms with Gasteiger partial charge in [-0.15, -0.1) is 0 Å². The molecule has 0 saturated carbocycles. The van der Waals surface area contributed by atoms with Crippen LogP contribution in [0.2, 0.25) is 5.02 Å². The molecule has 27 heavy (non-hydrogen) atoms. The molecule has 0 aliphatic heterocycles. The van der Waals surface area contributed by atoms with Crippen LogP contribution in [0.1, 0.15) is 10.4 Å². The van der Waals surface area contributed by atoms with Crippen molar-refractivity contribution in [2.24, 2.45) is 0 Å². The Bertz CT molecular complexity index is 968. The fourth-order valence-corrected chi connectivity index (χ4v) is 3.19. The van der Waals surface area contributed by atoms with E-state index in [-0.39, 0.29) is 27.8 Å². The van der Waals surface area contributed by atoms with Crippen molar-refractivity contribution >= 4 is 23.1 Å². The molecule has 0 bridgehead atoms. The van der Waals surface area contributed by atoms with Crippen molar-refractivity contribution in [3.8, 4) is 17.0 Å². The molecule has 3 rings (SSSR count). The van der Waals surface area contributed by atoms with Crippen LogP contribution in [0, 0.1) is 17.5 Å². The molecule has 0 aliphatic carbocycles. The molecule has 0 N–H and O–H groups in total. The number of rotatable bonds is 4. The van der Waals surface area contributed by atoms with Gasteiger partial charge in [-0.05, 0) is 35.8 Å². The number of alkyl halides is 3. The number of aromatic nitrogens is 1. The van der Waals surface area contributed by atoms with Crippen LogP contribution in [0.4, 0.5) is 26.3 Å². The summed E-state index contributed by atoms with van der Waals surface area (Å²) in [7, 11) is 0. The first-order chi connectivity index (χ1) is 12.7. The van der Waals surface area contributed by atoms with Crippen LogP contribution in [0.5, 0.6) is 5.75 Å². The Morgan fingerprint density at radius 1 is 1.00 bits per heavy atom. The Kier molecular flexibility index (Phi) is 5.34. The maximum Gasteiger partial charge on any atom is 0.427 e. The molecule has 1 heterocycles. The van der Waals surface area contributed by atoms with E-state index >= 15 is 0 Å². The lowest BCUT2D eigenvalue weighted by atomic mass is 10.1. The molecule has 2 aromatic carbocycles. The average Bonchev–Trinajstić information content (AvgIpc) is 3.01. The third kappa shape index (κ3) is 4.03. The minimum Gasteiger partial charge on any atom is -0.483 e. The smallest absolute Gasteiger partial charge is 0.427 e. The van der Waals surface area contributed by atoms with Crippen LogP contribution in [0.3, 0.4) is 0 Å². The summed E-state index contributed by atoms with van der Waals surface area (Å²) in [6.45, 7) is -0.817. The lowest BCUT2D eigenvalue weighted by Crippen LogP contribution is -2.09. The Balaban J connectivity index is 2.04. The first-order valence-corrected chi connectivity index (χ1v) is 8.41. The van der Waals surface area contributed by atoms with Crippen molar-refractivity contribution in [2.75, 3.05) is 0 Å². The van der Waals surface area contributed by atoms with Gasteiger partial charge in [-0.1, -0.05) is 23.7 Å². The molecule has 0 unspecified atom stereocenters. The standard InChI is InChI=1S/C17H8ClF6NOS/c18-10-5-4-8(6-13(10)21)14-9(16(27-25-14)17(22,23)24)7-26-15-11(19)2-1-3-12(15)20/h1-6H,7H2. The van der Waals surface area contributed by atoms with Crippen molar-refractivity contribution < 1.29 is 31.1 Å². The normalized spacial score (nSPS) is 11.7. The molecule has 2 nitrogen and oxygen atoms in total. The second-order valence-electron chi connectivity index (χ2n) is 5.30. The average molecular weight is 424 g/mol. The van der Waals surface area contributed by atoms with E-state index in [2.05, 4.69) is 4.37 Å². The minimum atomic E-state index is -4.77. The molecule has 0 atom stereocenters. The number of hydrogen-bond donors (Lipinski definition) is 0. The Morgan fingerprint density at radius 2 is 1.67 bits per heavy atom. The summed E-state index contributed by atoms with van der Waals surface area (Å²) >= 11 is 5.71. The Labute approximate surface area is 158 Å². The number of benzene rings is 2. The topological polar surface area (TPSA) is 22.1 Å². The second-order valence-corrected chi connectivity index (χ2v) is 6.49. The fourth-order valence-electron chi connectivity index (χ4n) is 2.30. The van der Waals surface area contributed by atoms with E-state index in [1.807, 2.05) is 0 Å². The summed E-state index contributed by atoms with van der Waals surface area (Å²) in [5.74, 6) is -3.79. The van der Waals surface area contributed by atoms with Gasteiger partial charge >= 0.3 is 6.18 Å². The number of ether oxygens (including phenoxy) is 1. The lowest BCUT2D eigenvalue weighted by molar-refractivity contribution is -0.135. The summed E-state index contributed by atoms with van der Waals surface area (Å²) in [5, 5.41) is -0.212. The first kappa shape index (κ1) is 19.5. The van der Waals surface area contributed by atoms with Gasteiger partial charge in [0.25, 0.3) is 0 Å². The minimum absolute atomic E-state index is 0.0243. The van der Waals surface area contributed by atoms with Gasteiger partial charge in [-0.25, -0.2) is 13.2 Å². The molecule has 0 spiro atoms. The zero-order valence-electron chi connectivity index (χ0n) is 13.1. The summed E-state index contributed by atoms with van der Waals surface area (Å²) in [6.07, 6.45) is -4.77. The van der Waals surface area contributed by atoms with Crippen molar-refractivity contribution in [3.05, 3.63) is 69.3 Å². The molecule has 0 aliphatic rings. The van der Waals surface area contributed by atoms with Crippen LogP contribution in [-0.2, 0) is 12.8 Å². The maximum atomic E-state index is 13.7. The summed E-state index contributed by atoms with van der Waals surface area (Å²) < 4.78 is 89.5. The molecule has 3 aromatic rings. The highest BCUT2D eigenvalue weighted by atomic mass is 35.5. The van der Waals surface area contributed by atoms with Gasteiger partial charge in [-0.3, -0.25) is 0 Å². The van der Waals surface area contributed by atoms with Crippen LogP contribution in [0.25, 0.3) is 11.3 Å². The number of halogens is 7. The Morgan fingerprint density at radius 3 is 2.26 bits per heavy atom. The molecule has 0 saturated heterocycles. The highest BCUT2D eigenvalue weighted by Gasteiger charge is 2.38. The highest BCUT2D eigenvalue weighted by molar-refractivity contribution is 7.06. The third-order valence-corrected chi connectivity index (χ3v) is 4.76. The van der Waals surface area contributed by atoms with Gasteiger partial charge in [0.2, 0.25) is 0 Å². The van der Waals surface area contributed by atoms with Crippen LogP contribution < -0.4 is 4.74 Å². The van der Waals surface area contributed by atoms with E-state index in [4.69, 9.17) is 16.3 Å². The monoisotopic (exact) mass is 423 g/mol.